The highest BCUT2D eigenvalue weighted by molar-refractivity contribution is 8.01. The van der Waals surface area contributed by atoms with E-state index in [4.69, 9.17) is 4.74 Å². The number of nitrogens with one attached hydrogen (secondary N) is 1. The van der Waals surface area contributed by atoms with Gasteiger partial charge in [0.25, 0.3) is 0 Å². The number of morpholine rings is 1. The molecule has 8 heteroatoms. The van der Waals surface area contributed by atoms with Crippen LogP contribution in [0.1, 0.15) is 20.8 Å². The molecule has 1 fully saturated rings. The van der Waals surface area contributed by atoms with Crippen LogP contribution in [0, 0.1) is 0 Å². The van der Waals surface area contributed by atoms with Gasteiger partial charge < -0.3 is 15.0 Å². The third kappa shape index (κ3) is 4.32. The van der Waals surface area contributed by atoms with Gasteiger partial charge >= 0.3 is 0 Å². The van der Waals surface area contributed by atoms with Crippen molar-refractivity contribution in [1.82, 2.24) is 15.1 Å². The number of aromatic nitrogens is 2. The first-order valence-corrected chi connectivity index (χ1v) is 8.52. The van der Waals surface area contributed by atoms with Gasteiger partial charge in [-0.3, -0.25) is 4.79 Å². The molecule has 0 radical (unpaired) electrons. The Bertz CT molecular complexity index is 444. The van der Waals surface area contributed by atoms with Crippen LogP contribution in [0.15, 0.2) is 4.34 Å². The molecule has 1 aliphatic rings. The number of nitrogens with zero attached hydrogens (tertiary/aromatic N) is 3. The molecule has 112 valence electrons. The van der Waals surface area contributed by atoms with E-state index in [1.54, 1.807) is 0 Å². The molecule has 0 bridgehead atoms. The van der Waals surface area contributed by atoms with E-state index >= 15 is 0 Å². The molecule has 0 unspecified atom stereocenters. The van der Waals surface area contributed by atoms with Crippen LogP contribution in [0.4, 0.5) is 5.13 Å². The summed E-state index contributed by atoms with van der Waals surface area (Å²) >= 11 is 2.93. The van der Waals surface area contributed by atoms with E-state index in [1.165, 1.54) is 23.1 Å². The number of carbonyl (C=O) groups excluding carboxylic acids is 1. The number of hydrogen-bond acceptors (Lipinski definition) is 7. The molecule has 2 heterocycles. The van der Waals surface area contributed by atoms with E-state index in [9.17, 15) is 4.79 Å². The summed E-state index contributed by atoms with van der Waals surface area (Å²) in [5, 5.41) is 12.0. The molecule has 1 aromatic heterocycles. The second kappa shape index (κ2) is 7.24. The van der Waals surface area contributed by atoms with Crippen LogP contribution in [0.5, 0.6) is 0 Å². The van der Waals surface area contributed by atoms with Gasteiger partial charge in [0.05, 0.1) is 18.0 Å². The minimum Gasteiger partial charge on any atom is -0.372 e. The van der Waals surface area contributed by atoms with Gasteiger partial charge in [-0.1, -0.05) is 23.1 Å². The van der Waals surface area contributed by atoms with E-state index in [0.29, 0.717) is 18.8 Å². The molecular formula is C12H20N4O2S2. The van der Waals surface area contributed by atoms with Gasteiger partial charge in [-0.15, -0.1) is 10.2 Å². The van der Waals surface area contributed by atoms with Crippen molar-refractivity contribution in [3.63, 3.8) is 0 Å². The summed E-state index contributed by atoms with van der Waals surface area (Å²) in [6.45, 7) is 8.16. The number of ether oxygens (including phenoxy) is 1. The number of rotatable bonds is 5. The molecule has 1 saturated heterocycles. The lowest BCUT2D eigenvalue weighted by molar-refractivity contribution is -0.140. The number of amides is 1. The van der Waals surface area contributed by atoms with Crippen LogP contribution in [-0.2, 0) is 9.53 Å². The monoisotopic (exact) mass is 316 g/mol. The lowest BCUT2D eigenvalue weighted by Crippen LogP contribution is -2.48. The van der Waals surface area contributed by atoms with Crippen molar-refractivity contribution in [2.75, 3.05) is 30.7 Å². The molecule has 20 heavy (non-hydrogen) atoms. The van der Waals surface area contributed by atoms with E-state index in [0.717, 1.165) is 16.0 Å². The highest BCUT2D eigenvalue weighted by atomic mass is 32.2. The first kappa shape index (κ1) is 15.5. The number of anilines is 1. The average Bonchev–Trinajstić information content (AvgIpc) is 2.83. The fourth-order valence-corrected chi connectivity index (χ4v) is 3.81. The Morgan fingerprint density at radius 2 is 2.15 bits per heavy atom. The van der Waals surface area contributed by atoms with Crippen LogP contribution in [0.25, 0.3) is 0 Å². The molecule has 2 atom stereocenters. The summed E-state index contributed by atoms with van der Waals surface area (Å²) in [4.78, 5) is 14.1. The normalized spacial score (nSPS) is 22.9. The summed E-state index contributed by atoms with van der Waals surface area (Å²) in [5.41, 5.74) is 0. The zero-order chi connectivity index (χ0) is 14.5. The summed E-state index contributed by atoms with van der Waals surface area (Å²) in [6.07, 6.45) is 0.212. The van der Waals surface area contributed by atoms with Crippen LogP contribution in [0.2, 0.25) is 0 Å². The van der Waals surface area contributed by atoms with Crippen molar-refractivity contribution in [2.45, 2.75) is 37.3 Å². The van der Waals surface area contributed by atoms with Crippen molar-refractivity contribution >= 4 is 34.1 Å². The maximum Gasteiger partial charge on any atom is 0.233 e. The zero-order valence-electron chi connectivity index (χ0n) is 12.0. The smallest absolute Gasteiger partial charge is 0.233 e. The number of thioether (sulfide) groups is 1. The molecule has 0 saturated carbocycles. The van der Waals surface area contributed by atoms with Crippen LogP contribution >= 0.6 is 23.1 Å². The largest absolute Gasteiger partial charge is 0.372 e. The SMILES string of the molecule is CCNc1nnc(SCC(=O)N2C[C@@H](C)O[C@H](C)C2)s1. The molecule has 0 spiro atoms. The third-order valence-corrected chi connectivity index (χ3v) is 4.82. The summed E-state index contributed by atoms with van der Waals surface area (Å²) in [7, 11) is 0. The van der Waals surface area contributed by atoms with Crippen molar-refractivity contribution in [2.24, 2.45) is 0 Å². The van der Waals surface area contributed by atoms with Gasteiger partial charge in [-0.25, -0.2) is 0 Å². The Kier molecular flexibility index (Phi) is 5.62. The van der Waals surface area contributed by atoms with Gasteiger partial charge in [0.1, 0.15) is 0 Å². The molecule has 0 aromatic carbocycles. The van der Waals surface area contributed by atoms with E-state index in [2.05, 4.69) is 15.5 Å². The molecule has 2 rings (SSSR count). The van der Waals surface area contributed by atoms with Gasteiger partial charge in [0, 0.05) is 19.6 Å². The Morgan fingerprint density at radius 1 is 1.45 bits per heavy atom. The third-order valence-electron chi connectivity index (χ3n) is 2.83. The first-order chi connectivity index (χ1) is 9.58. The van der Waals surface area contributed by atoms with Crippen LogP contribution in [0.3, 0.4) is 0 Å². The topological polar surface area (TPSA) is 67.4 Å². The Balaban J connectivity index is 1.81. The Morgan fingerprint density at radius 3 is 2.80 bits per heavy atom. The highest BCUT2D eigenvalue weighted by Gasteiger charge is 2.25. The molecule has 1 aromatic rings. The van der Waals surface area contributed by atoms with E-state index in [-0.39, 0.29) is 18.1 Å². The molecule has 1 amide bonds. The standard InChI is InChI=1S/C12H20N4O2S2/c1-4-13-11-14-15-12(20-11)19-7-10(17)16-5-8(2)18-9(3)6-16/h8-9H,4-7H2,1-3H3,(H,13,14)/t8-,9-/m1/s1. The highest BCUT2D eigenvalue weighted by Crippen LogP contribution is 2.25. The fraction of sp³-hybridized carbons (Fsp3) is 0.750. The van der Waals surface area contributed by atoms with Crippen molar-refractivity contribution < 1.29 is 9.53 Å². The average molecular weight is 316 g/mol. The van der Waals surface area contributed by atoms with Crippen molar-refractivity contribution in [3.8, 4) is 0 Å². The number of carbonyl (C=O) groups is 1. The summed E-state index contributed by atoms with van der Waals surface area (Å²) in [6, 6.07) is 0. The predicted molar refractivity (Wildman–Crippen MR) is 81.4 cm³/mol. The van der Waals surface area contributed by atoms with E-state index < -0.39 is 0 Å². The zero-order valence-corrected chi connectivity index (χ0v) is 13.6. The fourth-order valence-electron chi connectivity index (χ4n) is 2.09. The Hall–Kier alpha value is -0.860. The second-order valence-corrected chi connectivity index (χ2v) is 6.95. The lowest BCUT2D eigenvalue weighted by atomic mass is 10.2. The molecule has 6 nitrogen and oxygen atoms in total. The maximum atomic E-state index is 12.2. The lowest BCUT2D eigenvalue weighted by Gasteiger charge is -2.35. The van der Waals surface area contributed by atoms with Crippen molar-refractivity contribution in [1.29, 1.82) is 0 Å². The second-order valence-electron chi connectivity index (χ2n) is 4.75. The van der Waals surface area contributed by atoms with Gasteiger partial charge in [0.2, 0.25) is 11.0 Å². The van der Waals surface area contributed by atoms with Crippen LogP contribution in [-0.4, -0.2) is 58.6 Å². The van der Waals surface area contributed by atoms with Gasteiger partial charge in [0.15, 0.2) is 4.34 Å². The minimum atomic E-state index is 0.106. The summed E-state index contributed by atoms with van der Waals surface area (Å²) in [5.74, 6) is 0.539. The Labute approximate surface area is 127 Å². The quantitative estimate of drug-likeness (QED) is 0.834. The molecule has 1 N–H and O–H groups in total. The van der Waals surface area contributed by atoms with Crippen molar-refractivity contribution in [3.05, 3.63) is 0 Å². The molecule has 0 aliphatic carbocycles. The predicted octanol–water partition coefficient (Wildman–Crippen LogP) is 1.70. The summed E-state index contributed by atoms with van der Waals surface area (Å²) < 4.78 is 6.45. The maximum absolute atomic E-state index is 12.2. The molecular weight excluding hydrogens is 296 g/mol. The molecule has 1 aliphatic heterocycles. The van der Waals surface area contributed by atoms with Gasteiger partial charge in [-0.05, 0) is 20.8 Å². The first-order valence-electron chi connectivity index (χ1n) is 6.72. The van der Waals surface area contributed by atoms with Crippen LogP contribution < -0.4 is 5.32 Å². The minimum absolute atomic E-state index is 0.106. The number of hydrogen-bond donors (Lipinski definition) is 1. The van der Waals surface area contributed by atoms with Gasteiger partial charge in [-0.2, -0.15) is 0 Å². The van der Waals surface area contributed by atoms with E-state index in [1.807, 2.05) is 25.7 Å².